The van der Waals surface area contributed by atoms with Crippen molar-refractivity contribution < 1.29 is 19.2 Å². The topological polar surface area (TPSA) is 74.8 Å². The van der Waals surface area contributed by atoms with E-state index in [1.807, 2.05) is 97.1 Å². The second-order valence-corrected chi connectivity index (χ2v) is 14.9. The molecule has 0 bridgehead atoms. The van der Waals surface area contributed by atoms with Crippen LogP contribution < -0.4 is 9.80 Å². The SMILES string of the molecule is O=C1c2ccc3c4c(Cl)cc5c6c(ccc(c7c(Cl)cc(c2c37)C(=O)N1c1ccc(-c2ccccc2)cc1)c64)C(=O)N(c1ccc(-c2ccccc2)cc1)C5=O. The number of rotatable bonds is 4. The molecule has 8 heteroatoms. The molecule has 0 fully saturated rings. The van der Waals surface area contributed by atoms with Gasteiger partial charge in [-0.3, -0.25) is 19.2 Å². The van der Waals surface area contributed by atoms with Crippen molar-refractivity contribution in [2.24, 2.45) is 0 Å². The molecule has 264 valence electrons. The van der Waals surface area contributed by atoms with Crippen molar-refractivity contribution in [2.45, 2.75) is 0 Å². The Morgan fingerprint density at radius 3 is 1.04 bits per heavy atom. The van der Waals surface area contributed by atoms with Crippen LogP contribution in [0.15, 0.2) is 146 Å². The Bertz CT molecular complexity index is 3000. The number of hydrogen-bond donors (Lipinski definition) is 0. The highest BCUT2D eigenvalue weighted by atomic mass is 35.5. The van der Waals surface area contributed by atoms with Gasteiger partial charge in [0, 0.05) is 53.5 Å². The second-order valence-electron chi connectivity index (χ2n) is 14.1. The van der Waals surface area contributed by atoms with E-state index in [0.29, 0.717) is 86.8 Å². The highest BCUT2D eigenvalue weighted by Crippen LogP contribution is 2.51. The van der Waals surface area contributed by atoms with Gasteiger partial charge in [-0.2, -0.15) is 0 Å². The number of benzene rings is 9. The molecule has 4 amide bonds. The van der Waals surface area contributed by atoms with Gasteiger partial charge in [0.1, 0.15) is 0 Å². The Balaban J connectivity index is 1.07. The van der Waals surface area contributed by atoms with Crippen LogP contribution in [-0.4, -0.2) is 23.6 Å². The first-order valence-corrected chi connectivity index (χ1v) is 18.7. The fourth-order valence-electron chi connectivity index (χ4n) is 8.70. The molecule has 0 saturated carbocycles. The molecule has 9 aromatic rings. The number of imide groups is 2. The lowest BCUT2D eigenvalue weighted by molar-refractivity contribution is 0.0877. The van der Waals surface area contributed by atoms with E-state index in [9.17, 15) is 19.2 Å². The van der Waals surface area contributed by atoms with E-state index >= 15 is 0 Å². The van der Waals surface area contributed by atoms with E-state index in [2.05, 4.69) is 0 Å². The zero-order valence-electron chi connectivity index (χ0n) is 29.1. The summed E-state index contributed by atoms with van der Waals surface area (Å²) in [6, 6.07) is 44.7. The zero-order chi connectivity index (χ0) is 38.0. The van der Waals surface area contributed by atoms with Crippen molar-refractivity contribution >= 4 is 101 Å². The summed E-state index contributed by atoms with van der Waals surface area (Å²) in [5.41, 5.74) is 6.13. The summed E-state index contributed by atoms with van der Waals surface area (Å²) in [4.78, 5) is 59.7. The number of hydrogen-bond acceptors (Lipinski definition) is 4. The molecule has 11 rings (SSSR count). The van der Waals surface area contributed by atoms with Crippen LogP contribution in [-0.2, 0) is 0 Å². The predicted molar refractivity (Wildman–Crippen MR) is 224 cm³/mol. The minimum atomic E-state index is -0.490. The Labute approximate surface area is 329 Å². The average molecular weight is 764 g/mol. The first-order valence-electron chi connectivity index (χ1n) is 18.0. The molecule has 0 N–H and O–H groups in total. The maximum absolute atomic E-state index is 14.3. The number of anilines is 2. The Kier molecular flexibility index (Phi) is 6.87. The van der Waals surface area contributed by atoms with E-state index in [1.54, 1.807) is 48.5 Å². The largest absolute Gasteiger partial charge is 0.268 e. The maximum Gasteiger partial charge on any atom is 0.266 e. The highest BCUT2D eigenvalue weighted by molar-refractivity contribution is 6.52. The van der Waals surface area contributed by atoms with Crippen LogP contribution in [0.2, 0.25) is 10.0 Å². The van der Waals surface area contributed by atoms with Crippen LogP contribution in [0.5, 0.6) is 0 Å². The van der Waals surface area contributed by atoms with Crippen LogP contribution in [0.4, 0.5) is 11.4 Å². The Hall–Kier alpha value is -6.86. The fourth-order valence-corrected chi connectivity index (χ4v) is 9.32. The van der Waals surface area contributed by atoms with Crippen LogP contribution >= 0.6 is 23.2 Å². The molecule has 0 radical (unpaired) electrons. The molecular weight excluding hydrogens is 739 g/mol. The van der Waals surface area contributed by atoms with Gasteiger partial charge in [0.2, 0.25) is 0 Å². The van der Waals surface area contributed by atoms with Gasteiger partial charge >= 0.3 is 0 Å². The fraction of sp³-hybridized carbons (Fsp3) is 0. The Morgan fingerprint density at radius 1 is 0.321 bits per heavy atom. The lowest BCUT2D eigenvalue weighted by atomic mass is 9.82. The number of halogens is 2. The number of fused-ring (bicyclic) bond motifs is 2. The van der Waals surface area contributed by atoms with Crippen molar-refractivity contribution in [3.63, 3.8) is 0 Å². The summed E-state index contributed by atoms with van der Waals surface area (Å²) in [5, 5.41) is 5.33. The van der Waals surface area contributed by atoms with Crippen molar-refractivity contribution in [3.05, 3.63) is 178 Å². The van der Waals surface area contributed by atoms with Crippen molar-refractivity contribution in [3.8, 4) is 22.3 Å². The molecule has 2 aliphatic rings. The minimum Gasteiger partial charge on any atom is -0.268 e. The quantitative estimate of drug-likeness (QED) is 0.102. The molecule has 0 atom stereocenters. The van der Waals surface area contributed by atoms with Gasteiger partial charge in [0.05, 0.1) is 22.5 Å². The molecule has 6 nitrogen and oxygen atoms in total. The van der Waals surface area contributed by atoms with Gasteiger partial charge in [0.15, 0.2) is 0 Å². The predicted octanol–water partition coefficient (Wildman–Crippen LogP) is 12.0. The summed E-state index contributed by atoms with van der Waals surface area (Å²) in [7, 11) is 0. The molecule has 0 aromatic heterocycles. The van der Waals surface area contributed by atoms with Crippen molar-refractivity contribution in [1.29, 1.82) is 0 Å². The second kappa shape index (κ2) is 11.8. The Morgan fingerprint density at radius 2 is 0.661 bits per heavy atom. The highest BCUT2D eigenvalue weighted by Gasteiger charge is 2.39. The van der Waals surface area contributed by atoms with E-state index in [1.165, 1.54) is 9.80 Å². The number of carbonyl (C=O) groups is 4. The van der Waals surface area contributed by atoms with Gasteiger partial charge in [-0.25, -0.2) is 9.80 Å². The van der Waals surface area contributed by atoms with Crippen LogP contribution in [0.1, 0.15) is 41.4 Å². The molecule has 2 heterocycles. The number of carbonyl (C=O) groups excluding carboxylic acids is 4. The van der Waals surface area contributed by atoms with Crippen LogP contribution in [0.3, 0.4) is 0 Å². The third-order valence-electron chi connectivity index (χ3n) is 11.2. The molecule has 9 aromatic carbocycles. The van der Waals surface area contributed by atoms with Crippen molar-refractivity contribution in [1.82, 2.24) is 0 Å². The third kappa shape index (κ3) is 4.39. The molecule has 2 aliphatic heterocycles. The molecule has 0 saturated heterocycles. The van der Waals surface area contributed by atoms with Gasteiger partial charge in [-0.1, -0.05) is 120 Å². The monoisotopic (exact) mass is 762 g/mol. The van der Waals surface area contributed by atoms with Crippen LogP contribution in [0, 0.1) is 0 Å². The lowest BCUT2D eigenvalue weighted by Gasteiger charge is -2.31. The smallest absolute Gasteiger partial charge is 0.266 e. The maximum atomic E-state index is 14.3. The first-order chi connectivity index (χ1) is 27.3. The summed E-state index contributed by atoms with van der Waals surface area (Å²) >= 11 is 14.3. The van der Waals surface area contributed by atoms with E-state index in [0.717, 1.165) is 22.3 Å². The molecule has 0 aliphatic carbocycles. The molecule has 0 unspecified atom stereocenters. The average Bonchev–Trinajstić information content (AvgIpc) is 3.23. The summed E-state index contributed by atoms with van der Waals surface area (Å²) in [6.07, 6.45) is 0. The van der Waals surface area contributed by atoms with Gasteiger partial charge in [-0.05, 0) is 81.6 Å². The summed E-state index contributed by atoms with van der Waals surface area (Å²) < 4.78 is 0. The van der Waals surface area contributed by atoms with E-state index in [-0.39, 0.29) is 0 Å². The number of amides is 4. The van der Waals surface area contributed by atoms with Crippen molar-refractivity contribution in [2.75, 3.05) is 9.80 Å². The van der Waals surface area contributed by atoms with E-state index < -0.39 is 23.6 Å². The normalized spacial score (nSPS) is 14.0. The van der Waals surface area contributed by atoms with E-state index in [4.69, 9.17) is 23.2 Å². The lowest BCUT2D eigenvalue weighted by Crippen LogP contribution is -2.40. The summed E-state index contributed by atoms with van der Waals surface area (Å²) in [6.45, 7) is 0. The molecule has 0 spiro atoms. The van der Waals surface area contributed by atoms with Gasteiger partial charge in [-0.15, -0.1) is 0 Å². The number of nitrogens with zero attached hydrogens (tertiary/aromatic N) is 2. The van der Waals surface area contributed by atoms with Crippen LogP contribution in [0.25, 0.3) is 65.3 Å². The molecular formula is C48H24Cl2N2O4. The summed E-state index contributed by atoms with van der Waals surface area (Å²) in [5.74, 6) is -1.89. The molecule has 56 heavy (non-hydrogen) atoms. The minimum absolute atomic E-state index is 0.293. The van der Waals surface area contributed by atoms with Gasteiger partial charge in [0.25, 0.3) is 23.6 Å². The third-order valence-corrected chi connectivity index (χ3v) is 11.8. The standard InChI is InChI=1S/C48H24Cl2N2O4/c49-37-23-35-39-33(45(53)51(47(35)55)29-15-11-27(12-16-29)25-7-3-1-4-8-25)21-19-31-42-38(50)24-36-40-34(22-20-32(44(40)42)41(37)43(31)39)46(54)52(48(36)56)30-17-13-28(14-18-30)26-9-5-2-6-10-26/h1-24H. The first kappa shape index (κ1) is 32.6. The van der Waals surface area contributed by atoms with Gasteiger partial charge < -0.3 is 0 Å². The zero-order valence-corrected chi connectivity index (χ0v) is 30.7.